The summed E-state index contributed by atoms with van der Waals surface area (Å²) >= 11 is 0. The van der Waals surface area contributed by atoms with Gasteiger partial charge in [-0.15, -0.1) is 0 Å². The smallest absolute Gasteiger partial charge is 0.355 e. The molecule has 6 rings (SSSR count). The number of carboxylic acid groups (broad SMARTS) is 1. The zero-order valence-electron chi connectivity index (χ0n) is 24.8. The van der Waals surface area contributed by atoms with Gasteiger partial charge < -0.3 is 19.8 Å². The zero-order valence-corrected chi connectivity index (χ0v) is 24.8. The lowest BCUT2D eigenvalue weighted by molar-refractivity contribution is -0.113. The van der Waals surface area contributed by atoms with Gasteiger partial charge in [0.2, 0.25) is 0 Å². The van der Waals surface area contributed by atoms with Crippen molar-refractivity contribution in [1.29, 1.82) is 0 Å². The predicted octanol–water partition coefficient (Wildman–Crippen LogP) is 7.05. The summed E-state index contributed by atoms with van der Waals surface area (Å²) in [5.41, 5.74) is 3.57. The SMILES string of the molecule is CCc1cc2c(C3=CC=CCC3=O)c(C(=O)O)[nH]c2cc1F.CCc1cc2c(C3=CC=CCC3=O)c(C(=O)OC)[nH]c2cc1F. The Morgan fingerprint density at radius 1 is 0.778 bits per heavy atom. The first-order valence-electron chi connectivity index (χ1n) is 14.4. The molecule has 10 heteroatoms. The van der Waals surface area contributed by atoms with Crippen molar-refractivity contribution in [1.82, 2.24) is 9.97 Å². The quantitative estimate of drug-likeness (QED) is 0.200. The lowest BCUT2D eigenvalue weighted by Crippen LogP contribution is -2.09. The first-order valence-corrected chi connectivity index (χ1v) is 14.4. The molecule has 45 heavy (non-hydrogen) atoms. The number of aromatic nitrogens is 2. The van der Waals surface area contributed by atoms with Gasteiger partial charge in [0.1, 0.15) is 23.0 Å². The van der Waals surface area contributed by atoms with Gasteiger partial charge in [-0.1, -0.05) is 50.3 Å². The lowest BCUT2D eigenvalue weighted by Gasteiger charge is -2.10. The van der Waals surface area contributed by atoms with Crippen LogP contribution in [0.1, 0.15) is 69.9 Å². The summed E-state index contributed by atoms with van der Waals surface area (Å²) in [7, 11) is 1.27. The second kappa shape index (κ2) is 12.7. The number of rotatable bonds is 6. The van der Waals surface area contributed by atoms with Crippen LogP contribution >= 0.6 is 0 Å². The fraction of sp³-hybridized carbons (Fsp3) is 0.200. The average Bonchev–Trinajstić information content (AvgIpc) is 3.58. The van der Waals surface area contributed by atoms with Crippen molar-refractivity contribution < 1.29 is 37.8 Å². The summed E-state index contributed by atoms with van der Waals surface area (Å²) in [5, 5.41) is 10.6. The van der Waals surface area contributed by atoms with E-state index in [0.29, 0.717) is 68.0 Å². The Labute approximate surface area is 256 Å². The lowest BCUT2D eigenvalue weighted by atomic mass is 9.93. The Balaban J connectivity index is 0.000000178. The Morgan fingerprint density at radius 2 is 1.22 bits per heavy atom. The number of esters is 1. The highest BCUT2D eigenvalue weighted by molar-refractivity contribution is 6.28. The van der Waals surface area contributed by atoms with Gasteiger partial charge in [-0.25, -0.2) is 18.4 Å². The highest BCUT2D eigenvalue weighted by Gasteiger charge is 2.27. The summed E-state index contributed by atoms with van der Waals surface area (Å²) < 4.78 is 32.8. The molecule has 0 aliphatic heterocycles. The predicted molar refractivity (Wildman–Crippen MR) is 167 cm³/mol. The van der Waals surface area contributed by atoms with Crippen molar-refractivity contribution in [2.45, 2.75) is 39.5 Å². The van der Waals surface area contributed by atoms with Crippen molar-refractivity contribution in [2.24, 2.45) is 0 Å². The molecule has 0 fully saturated rings. The zero-order chi connectivity index (χ0) is 32.4. The number of methoxy groups -OCH3 is 1. The van der Waals surface area contributed by atoms with Gasteiger partial charge >= 0.3 is 11.9 Å². The number of aryl methyl sites for hydroxylation is 2. The fourth-order valence-corrected chi connectivity index (χ4v) is 5.57. The third kappa shape index (κ3) is 5.78. The number of carbonyl (C=O) groups is 4. The van der Waals surface area contributed by atoms with E-state index in [0.717, 1.165) is 0 Å². The molecular weight excluding hydrogens is 582 g/mol. The van der Waals surface area contributed by atoms with Crippen LogP contribution < -0.4 is 0 Å². The molecule has 0 saturated carbocycles. The maximum absolute atomic E-state index is 14.0. The van der Waals surface area contributed by atoms with Crippen LogP contribution in [0.5, 0.6) is 0 Å². The minimum atomic E-state index is -1.17. The molecule has 2 heterocycles. The van der Waals surface area contributed by atoms with E-state index >= 15 is 0 Å². The fourth-order valence-electron chi connectivity index (χ4n) is 5.57. The topological polar surface area (TPSA) is 129 Å². The number of ketones is 2. The van der Waals surface area contributed by atoms with Gasteiger partial charge in [-0.3, -0.25) is 9.59 Å². The van der Waals surface area contributed by atoms with Crippen molar-refractivity contribution in [3.8, 4) is 0 Å². The molecule has 3 N–H and O–H groups in total. The van der Waals surface area contributed by atoms with Gasteiger partial charge in [0.15, 0.2) is 11.6 Å². The summed E-state index contributed by atoms with van der Waals surface area (Å²) in [6.45, 7) is 3.67. The summed E-state index contributed by atoms with van der Waals surface area (Å²) in [4.78, 5) is 53.6. The van der Waals surface area contributed by atoms with Crippen LogP contribution in [0.3, 0.4) is 0 Å². The summed E-state index contributed by atoms with van der Waals surface area (Å²) in [5.74, 6) is -2.71. The average molecular weight is 613 g/mol. The highest BCUT2D eigenvalue weighted by atomic mass is 19.1. The number of hydrogen-bond acceptors (Lipinski definition) is 5. The van der Waals surface area contributed by atoms with Crippen LogP contribution in [0.25, 0.3) is 33.0 Å². The molecule has 0 radical (unpaired) electrons. The number of halogens is 2. The number of carboxylic acids is 1. The van der Waals surface area contributed by atoms with Crippen molar-refractivity contribution in [3.63, 3.8) is 0 Å². The molecule has 8 nitrogen and oxygen atoms in total. The number of allylic oxidation sites excluding steroid dienone is 8. The molecule has 0 atom stereocenters. The Morgan fingerprint density at radius 3 is 1.62 bits per heavy atom. The second-order valence-corrected chi connectivity index (χ2v) is 10.5. The van der Waals surface area contributed by atoms with E-state index in [1.807, 2.05) is 13.8 Å². The van der Waals surface area contributed by atoms with Gasteiger partial charge in [0, 0.05) is 56.9 Å². The van der Waals surface area contributed by atoms with Gasteiger partial charge in [0.25, 0.3) is 0 Å². The number of fused-ring (bicyclic) bond motifs is 2. The van der Waals surface area contributed by atoms with Crippen LogP contribution in [-0.4, -0.2) is 45.7 Å². The second-order valence-electron chi connectivity index (χ2n) is 10.5. The maximum atomic E-state index is 14.0. The Kier molecular flexibility index (Phi) is 8.76. The van der Waals surface area contributed by atoms with E-state index in [1.165, 1.54) is 19.2 Å². The molecule has 0 bridgehead atoms. The molecule has 2 aliphatic rings. The van der Waals surface area contributed by atoms with Gasteiger partial charge in [0.05, 0.1) is 7.11 Å². The van der Waals surface area contributed by atoms with Gasteiger partial charge in [-0.05, 0) is 48.2 Å². The normalized spacial score (nSPS) is 14.3. The standard InChI is InChI=1S/C18H16FNO3.C17H14FNO3/c1-3-10-8-12-14(9-13(10)19)20-17(18(22)23-2)16(12)11-6-4-5-7-15(11)21;1-2-9-7-11-13(8-12(9)18)19-16(17(21)22)15(11)10-5-3-4-6-14(10)20/h4-6,8-9,20H,3,7H2,1-2H3;3-5,7-8,19H,2,6H2,1H3,(H,21,22). The molecule has 2 aliphatic carbocycles. The molecule has 230 valence electrons. The first kappa shape index (κ1) is 31.1. The number of ether oxygens (including phenoxy) is 1. The Hall–Kier alpha value is -5.38. The van der Waals surface area contributed by atoms with Crippen LogP contribution in [-0.2, 0) is 27.2 Å². The molecule has 0 spiro atoms. The molecule has 4 aromatic rings. The number of nitrogens with one attached hydrogen (secondary N) is 2. The monoisotopic (exact) mass is 612 g/mol. The third-order valence-corrected chi connectivity index (χ3v) is 7.84. The van der Waals surface area contributed by atoms with Crippen LogP contribution in [0, 0.1) is 11.6 Å². The molecule has 2 aromatic heterocycles. The molecule has 0 amide bonds. The van der Waals surface area contributed by atoms with E-state index < -0.39 is 11.9 Å². The summed E-state index contributed by atoms with van der Waals surface area (Å²) in [6, 6.07) is 5.95. The van der Waals surface area contributed by atoms with Gasteiger partial charge in [-0.2, -0.15) is 0 Å². The summed E-state index contributed by atoms with van der Waals surface area (Å²) in [6.07, 6.45) is 11.8. The van der Waals surface area contributed by atoms with Crippen molar-refractivity contribution in [3.05, 3.63) is 106 Å². The van der Waals surface area contributed by atoms with E-state index in [2.05, 4.69) is 9.97 Å². The number of H-pyrrole nitrogens is 2. The van der Waals surface area contributed by atoms with E-state index in [4.69, 9.17) is 4.74 Å². The van der Waals surface area contributed by atoms with Crippen LogP contribution in [0.2, 0.25) is 0 Å². The van der Waals surface area contributed by atoms with E-state index in [-0.39, 0.29) is 47.4 Å². The largest absolute Gasteiger partial charge is 0.477 e. The minimum absolute atomic E-state index is 0.0825. The van der Waals surface area contributed by atoms with Crippen LogP contribution in [0.4, 0.5) is 8.78 Å². The highest BCUT2D eigenvalue weighted by Crippen LogP contribution is 2.35. The number of Topliss-reactive ketones (excluding diaryl/α,β-unsaturated/α-hetero) is 2. The van der Waals surface area contributed by atoms with Crippen LogP contribution in [0.15, 0.2) is 60.7 Å². The van der Waals surface area contributed by atoms with Crippen molar-refractivity contribution >= 4 is 56.5 Å². The van der Waals surface area contributed by atoms with E-state index in [1.54, 1.807) is 48.6 Å². The number of hydrogen-bond donors (Lipinski definition) is 3. The molecule has 2 aromatic carbocycles. The molecular formula is C35H30F2N2O6. The number of benzene rings is 2. The number of carbonyl (C=O) groups excluding carboxylic acids is 3. The Bertz CT molecular complexity index is 2020. The third-order valence-electron chi connectivity index (χ3n) is 7.84. The maximum Gasteiger partial charge on any atom is 0.355 e. The van der Waals surface area contributed by atoms with Crippen molar-refractivity contribution in [2.75, 3.05) is 7.11 Å². The number of aromatic carboxylic acids is 1. The molecule has 0 unspecified atom stereocenters. The van der Waals surface area contributed by atoms with E-state index in [9.17, 15) is 33.1 Å². The first-order chi connectivity index (χ1) is 21.6. The number of aromatic amines is 2. The molecule has 0 saturated heterocycles. The minimum Gasteiger partial charge on any atom is -0.477 e.